The van der Waals surface area contributed by atoms with E-state index in [1.54, 1.807) is 0 Å². The number of unbranched alkanes of at least 4 members (excludes halogenated alkanes) is 2. The summed E-state index contributed by atoms with van der Waals surface area (Å²) in [5.41, 5.74) is 4.31. The molecule has 0 fully saturated rings. The number of carbonyl (C=O) groups is 1. The maximum atomic E-state index is 11.7. The molecule has 0 spiro atoms. The lowest BCUT2D eigenvalue weighted by molar-refractivity contribution is -0.143. The summed E-state index contributed by atoms with van der Waals surface area (Å²) in [5.74, 6) is -0.232. The molecule has 0 atom stereocenters. The van der Waals surface area contributed by atoms with Gasteiger partial charge in [-0.05, 0) is 37.3 Å². The number of hydrogen-bond acceptors (Lipinski definition) is 3. The number of carbonyl (C=O) groups excluding carboxylic acids is 1. The molecule has 4 nitrogen and oxygen atoms in total. The number of H-pyrrole nitrogens is 1. The number of nitrogens with zero attached hydrogens (tertiary/aromatic N) is 1. The molecule has 0 amide bonds. The lowest BCUT2D eigenvalue weighted by Gasteiger charge is -2.13. The molecule has 1 aromatic heterocycles. The second-order valence-electron chi connectivity index (χ2n) is 5.84. The van der Waals surface area contributed by atoms with Crippen LogP contribution in [-0.4, -0.2) is 16.7 Å². The van der Waals surface area contributed by atoms with Gasteiger partial charge in [0.1, 0.15) is 5.71 Å². The Bertz CT molecular complexity index is 700. The summed E-state index contributed by atoms with van der Waals surface area (Å²) < 4.78 is 0. The van der Waals surface area contributed by atoms with Crippen molar-refractivity contribution in [2.45, 2.75) is 51.9 Å². The average Bonchev–Trinajstić information content (AvgIpc) is 2.92. The van der Waals surface area contributed by atoms with Gasteiger partial charge < -0.3 is 9.82 Å². The molecule has 1 aliphatic rings. The van der Waals surface area contributed by atoms with Crippen molar-refractivity contribution in [2.75, 3.05) is 0 Å². The molecule has 0 saturated heterocycles. The Morgan fingerprint density at radius 1 is 1.27 bits per heavy atom. The number of benzene rings is 1. The molecular weight excluding hydrogens is 276 g/mol. The van der Waals surface area contributed by atoms with Crippen LogP contribution in [0.5, 0.6) is 0 Å². The third kappa shape index (κ3) is 3.06. The van der Waals surface area contributed by atoms with Crippen LogP contribution in [0.15, 0.2) is 29.4 Å². The molecule has 4 heteroatoms. The summed E-state index contributed by atoms with van der Waals surface area (Å²) in [5, 5.41) is 5.38. The number of fused-ring (bicyclic) bond motifs is 3. The van der Waals surface area contributed by atoms with Crippen LogP contribution in [-0.2, 0) is 16.1 Å². The van der Waals surface area contributed by atoms with Crippen LogP contribution >= 0.6 is 0 Å². The second kappa shape index (κ2) is 6.77. The minimum atomic E-state index is -0.232. The highest BCUT2D eigenvalue weighted by atomic mass is 16.7. The first kappa shape index (κ1) is 14.8. The molecule has 1 aromatic carbocycles. The lowest BCUT2D eigenvalue weighted by Crippen LogP contribution is -2.13. The molecule has 22 heavy (non-hydrogen) atoms. The molecule has 1 heterocycles. The number of oxime groups is 1. The van der Waals surface area contributed by atoms with Gasteiger partial charge in [-0.1, -0.05) is 43.1 Å². The van der Waals surface area contributed by atoms with E-state index in [4.69, 9.17) is 4.84 Å². The van der Waals surface area contributed by atoms with Crippen molar-refractivity contribution < 1.29 is 9.63 Å². The van der Waals surface area contributed by atoms with E-state index in [1.807, 2.05) is 6.07 Å². The normalized spacial score (nSPS) is 16.0. The van der Waals surface area contributed by atoms with Crippen molar-refractivity contribution in [3.8, 4) is 0 Å². The van der Waals surface area contributed by atoms with E-state index in [0.29, 0.717) is 6.42 Å². The Balaban J connectivity index is 1.76. The van der Waals surface area contributed by atoms with Gasteiger partial charge in [-0.25, -0.2) is 4.79 Å². The van der Waals surface area contributed by atoms with Gasteiger partial charge in [0.15, 0.2) is 0 Å². The van der Waals surface area contributed by atoms with Crippen LogP contribution in [0.1, 0.15) is 56.7 Å². The molecule has 0 bridgehead atoms. The Morgan fingerprint density at radius 3 is 3.00 bits per heavy atom. The largest absolute Gasteiger partial charge is 0.353 e. The highest BCUT2D eigenvalue weighted by Crippen LogP contribution is 2.29. The van der Waals surface area contributed by atoms with E-state index in [-0.39, 0.29) is 5.97 Å². The summed E-state index contributed by atoms with van der Waals surface area (Å²) in [6.07, 6.45) is 6.41. The van der Waals surface area contributed by atoms with Gasteiger partial charge in [0.05, 0.1) is 5.69 Å². The fourth-order valence-corrected chi connectivity index (χ4v) is 3.03. The van der Waals surface area contributed by atoms with E-state index in [2.05, 4.69) is 35.3 Å². The predicted molar refractivity (Wildman–Crippen MR) is 88.0 cm³/mol. The average molecular weight is 298 g/mol. The van der Waals surface area contributed by atoms with Gasteiger partial charge in [-0.2, -0.15) is 0 Å². The van der Waals surface area contributed by atoms with E-state index in [0.717, 1.165) is 55.4 Å². The molecule has 1 N–H and O–H groups in total. The quantitative estimate of drug-likeness (QED) is 0.507. The van der Waals surface area contributed by atoms with Crippen molar-refractivity contribution in [2.24, 2.45) is 5.16 Å². The van der Waals surface area contributed by atoms with Gasteiger partial charge >= 0.3 is 5.97 Å². The topological polar surface area (TPSA) is 54.4 Å². The van der Waals surface area contributed by atoms with E-state index < -0.39 is 0 Å². The van der Waals surface area contributed by atoms with Crippen molar-refractivity contribution in [3.05, 3.63) is 35.5 Å². The standard InChI is InChI=1S/C18H22N2O2/c1-2-3-4-12-17(21)22-20-16-11-7-9-14-13-8-5-6-10-15(13)19-18(14)16/h5-6,8,10,19H,2-4,7,9,11-12H2,1H3/b20-16-. The van der Waals surface area contributed by atoms with Crippen LogP contribution in [0.2, 0.25) is 0 Å². The highest BCUT2D eigenvalue weighted by molar-refractivity contribution is 6.06. The van der Waals surface area contributed by atoms with Gasteiger partial charge in [0.2, 0.25) is 0 Å². The van der Waals surface area contributed by atoms with Crippen molar-refractivity contribution in [1.82, 2.24) is 4.98 Å². The van der Waals surface area contributed by atoms with Gasteiger partial charge in [0.25, 0.3) is 0 Å². The Kier molecular flexibility index (Phi) is 4.56. The zero-order valence-corrected chi connectivity index (χ0v) is 13.0. The maximum absolute atomic E-state index is 11.7. The second-order valence-corrected chi connectivity index (χ2v) is 5.84. The number of aryl methyl sites for hydroxylation is 1. The van der Waals surface area contributed by atoms with Crippen LogP contribution in [0.3, 0.4) is 0 Å². The summed E-state index contributed by atoms with van der Waals surface area (Å²) in [7, 11) is 0. The molecule has 0 radical (unpaired) electrons. The van der Waals surface area contributed by atoms with Gasteiger partial charge in [-0.15, -0.1) is 0 Å². The minimum absolute atomic E-state index is 0.232. The molecule has 0 unspecified atom stereocenters. The van der Waals surface area contributed by atoms with E-state index in [1.165, 1.54) is 10.9 Å². The fraction of sp³-hybridized carbons (Fsp3) is 0.444. The first-order valence-electron chi connectivity index (χ1n) is 8.16. The third-order valence-corrected chi connectivity index (χ3v) is 4.18. The number of aromatic nitrogens is 1. The predicted octanol–water partition coefficient (Wildman–Crippen LogP) is 4.33. The van der Waals surface area contributed by atoms with Crippen LogP contribution < -0.4 is 0 Å². The molecule has 0 saturated carbocycles. The summed E-state index contributed by atoms with van der Waals surface area (Å²) in [6.45, 7) is 2.12. The highest BCUT2D eigenvalue weighted by Gasteiger charge is 2.21. The molecule has 2 aromatic rings. The SMILES string of the molecule is CCCCCC(=O)O/N=C1/CCCc2c1[nH]c1ccccc21. The van der Waals surface area contributed by atoms with Gasteiger partial charge in [0, 0.05) is 17.3 Å². The summed E-state index contributed by atoms with van der Waals surface area (Å²) in [4.78, 5) is 20.2. The number of nitrogens with one attached hydrogen (secondary N) is 1. The summed E-state index contributed by atoms with van der Waals surface area (Å²) >= 11 is 0. The molecule has 0 aliphatic heterocycles. The van der Waals surface area contributed by atoms with Crippen molar-refractivity contribution in [3.63, 3.8) is 0 Å². The zero-order valence-electron chi connectivity index (χ0n) is 13.0. The smallest absolute Gasteiger partial charge is 0.335 e. The first-order chi connectivity index (χ1) is 10.8. The number of aromatic amines is 1. The molecule has 3 rings (SSSR count). The fourth-order valence-electron chi connectivity index (χ4n) is 3.03. The lowest BCUT2D eigenvalue weighted by atomic mass is 9.94. The molecule has 1 aliphatic carbocycles. The van der Waals surface area contributed by atoms with E-state index >= 15 is 0 Å². The van der Waals surface area contributed by atoms with Crippen LogP contribution in [0.4, 0.5) is 0 Å². The zero-order chi connectivity index (χ0) is 15.4. The Hall–Kier alpha value is -2.10. The van der Waals surface area contributed by atoms with Crippen molar-refractivity contribution >= 4 is 22.6 Å². The minimum Gasteiger partial charge on any atom is -0.353 e. The molecular formula is C18H22N2O2. The maximum Gasteiger partial charge on any atom is 0.335 e. The Morgan fingerprint density at radius 2 is 2.14 bits per heavy atom. The summed E-state index contributed by atoms with van der Waals surface area (Å²) in [6, 6.07) is 8.27. The van der Waals surface area contributed by atoms with Crippen LogP contribution in [0.25, 0.3) is 10.9 Å². The van der Waals surface area contributed by atoms with Crippen molar-refractivity contribution in [1.29, 1.82) is 0 Å². The van der Waals surface area contributed by atoms with Gasteiger partial charge in [-0.3, -0.25) is 0 Å². The van der Waals surface area contributed by atoms with E-state index in [9.17, 15) is 4.79 Å². The Labute approximate surface area is 130 Å². The first-order valence-corrected chi connectivity index (χ1v) is 8.16. The number of para-hydroxylation sites is 1. The number of hydrogen-bond donors (Lipinski definition) is 1. The monoisotopic (exact) mass is 298 g/mol. The number of rotatable bonds is 5. The molecule has 116 valence electrons. The van der Waals surface area contributed by atoms with Crippen LogP contribution in [0, 0.1) is 0 Å². The third-order valence-electron chi connectivity index (χ3n) is 4.18.